The van der Waals surface area contributed by atoms with Gasteiger partial charge < -0.3 is 10.2 Å². The maximum absolute atomic E-state index is 6.14. The van der Waals surface area contributed by atoms with Crippen molar-refractivity contribution in [2.24, 2.45) is 0 Å². The molecule has 2 rings (SSSR count). The average Bonchev–Trinajstić information content (AvgIpc) is 2.83. The van der Waals surface area contributed by atoms with Gasteiger partial charge in [-0.25, -0.2) is 0 Å². The molecule has 0 aliphatic heterocycles. The maximum Gasteiger partial charge on any atom is 0.173 e. The number of hydrogen-bond donors (Lipinski definition) is 1. The minimum Gasteiger partial charge on any atom is -0.346 e. The summed E-state index contributed by atoms with van der Waals surface area (Å²) in [4.78, 5) is 1.92. The third-order valence-corrected chi connectivity index (χ3v) is 4.74. The lowest BCUT2D eigenvalue weighted by Gasteiger charge is -2.22. The summed E-state index contributed by atoms with van der Waals surface area (Å²) in [5.41, 5.74) is 1.75. The van der Waals surface area contributed by atoms with Crippen molar-refractivity contribution < 1.29 is 0 Å². The van der Waals surface area contributed by atoms with E-state index >= 15 is 0 Å². The predicted octanol–water partition coefficient (Wildman–Crippen LogP) is 4.80. The first kappa shape index (κ1) is 17.5. The Balaban J connectivity index is 2.09. The number of anilines is 1. The molecule has 4 nitrogen and oxygen atoms in total. The van der Waals surface area contributed by atoms with E-state index in [1.165, 1.54) is 0 Å². The van der Waals surface area contributed by atoms with Gasteiger partial charge in [0.25, 0.3) is 0 Å². The molecule has 118 valence electrons. The number of nitrogens with zero attached hydrogens (tertiary/aromatic N) is 3. The molecule has 1 aromatic heterocycles. The molecule has 0 aliphatic carbocycles. The van der Waals surface area contributed by atoms with Crippen molar-refractivity contribution in [3.63, 3.8) is 0 Å². The number of aromatic nitrogens is 2. The van der Waals surface area contributed by atoms with E-state index in [4.69, 9.17) is 35.4 Å². The molecular formula is C14H15BrCl2N4S. The molecule has 22 heavy (non-hydrogen) atoms. The molecule has 1 aromatic carbocycles. The molecule has 0 spiro atoms. The summed E-state index contributed by atoms with van der Waals surface area (Å²) in [6.07, 6.45) is 1.79. The number of aryl methyl sites for hydroxylation is 1. The highest BCUT2D eigenvalue weighted by Gasteiger charge is 2.13. The van der Waals surface area contributed by atoms with Gasteiger partial charge in [0.1, 0.15) is 0 Å². The molecule has 0 fully saturated rings. The molecular weight excluding hydrogens is 407 g/mol. The fraction of sp³-hybridized carbons (Fsp3) is 0.286. The van der Waals surface area contributed by atoms with Gasteiger partial charge in [0, 0.05) is 18.6 Å². The van der Waals surface area contributed by atoms with Crippen molar-refractivity contribution in [1.82, 2.24) is 14.7 Å². The van der Waals surface area contributed by atoms with Gasteiger partial charge in [-0.1, -0.05) is 23.2 Å². The summed E-state index contributed by atoms with van der Waals surface area (Å²) >= 11 is 21.1. The highest BCUT2D eigenvalue weighted by molar-refractivity contribution is 9.10. The molecule has 0 aliphatic rings. The second kappa shape index (κ2) is 7.64. The number of hydrogen-bond acceptors (Lipinski definition) is 2. The largest absolute Gasteiger partial charge is 0.346 e. The van der Waals surface area contributed by atoms with Crippen molar-refractivity contribution >= 4 is 62.1 Å². The van der Waals surface area contributed by atoms with Crippen LogP contribution in [0, 0.1) is 0 Å². The lowest BCUT2D eigenvalue weighted by atomic mass is 10.3. The average molecular weight is 422 g/mol. The zero-order valence-corrected chi connectivity index (χ0v) is 16.0. The van der Waals surface area contributed by atoms with Crippen LogP contribution in [0.15, 0.2) is 28.9 Å². The van der Waals surface area contributed by atoms with Crippen molar-refractivity contribution in [2.75, 3.05) is 12.4 Å². The van der Waals surface area contributed by atoms with E-state index in [1.807, 2.05) is 23.6 Å². The number of rotatable bonds is 4. The molecule has 0 saturated carbocycles. The van der Waals surface area contributed by atoms with E-state index in [1.54, 1.807) is 24.4 Å². The Morgan fingerprint density at radius 1 is 1.45 bits per heavy atom. The van der Waals surface area contributed by atoms with Gasteiger partial charge in [-0.2, -0.15) is 5.10 Å². The van der Waals surface area contributed by atoms with Crippen LogP contribution in [0.4, 0.5) is 5.69 Å². The topological polar surface area (TPSA) is 33.1 Å². The van der Waals surface area contributed by atoms with Gasteiger partial charge in [0.2, 0.25) is 0 Å². The first-order chi connectivity index (χ1) is 10.4. The molecule has 0 atom stereocenters. The second-order valence-electron chi connectivity index (χ2n) is 4.67. The Hall–Kier alpha value is -0.820. The quantitative estimate of drug-likeness (QED) is 0.718. The fourth-order valence-electron chi connectivity index (χ4n) is 1.92. The van der Waals surface area contributed by atoms with E-state index in [0.717, 1.165) is 16.7 Å². The zero-order valence-electron chi connectivity index (χ0n) is 12.1. The first-order valence-corrected chi connectivity index (χ1v) is 8.55. The number of halogens is 3. The summed E-state index contributed by atoms with van der Waals surface area (Å²) in [6, 6.07) is 5.21. The number of nitrogens with one attached hydrogen (secondary N) is 1. The van der Waals surface area contributed by atoms with Crippen molar-refractivity contribution in [1.29, 1.82) is 0 Å². The normalized spacial score (nSPS) is 10.6. The van der Waals surface area contributed by atoms with Crippen LogP contribution in [0.25, 0.3) is 0 Å². The molecule has 0 unspecified atom stereocenters. The van der Waals surface area contributed by atoms with Crippen molar-refractivity contribution in [2.45, 2.75) is 20.0 Å². The molecule has 2 aromatic rings. The minimum absolute atomic E-state index is 0.555. The number of thiocarbonyl (C=S) groups is 1. The van der Waals surface area contributed by atoms with Crippen molar-refractivity contribution in [3.05, 3.63) is 44.6 Å². The van der Waals surface area contributed by atoms with Crippen molar-refractivity contribution in [3.8, 4) is 0 Å². The standard InChI is InChI=1S/C14H15BrCl2N4S/c1-3-21-13(10(15)7-18-21)8-20(2)14(22)19-12-6-9(16)4-5-11(12)17/h4-7H,3,8H2,1-2H3,(H,19,22). The predicted molar refractivity (Wildman–Crippen MR) is 99.8 cm³/mol. The van der Waals surface area contributed by atoms with Gasteiger partial charge in [0.05, 0.1) is 33.6 Å². The van der Waals surface area contributed by atoms with Gasteiger partial charge >= 0.3 is 0 Å². The maximum atomic E-state index is 6.14. The van der Waals surface area contributed by atoms with Crippen LogP contribution in [-0.4, -0.2) is 26.8 Å². The lowest BCUT2D eigenvalue weighted by molar-refractivity contribution is 0.470. The van der Waals surface area contributed by atoms with Gasteiger partial charge in [-0.05, 0) is 53.3 Å². The SMILES string of the molecule is CCn1ncc(Br)c1CN(C)C(=S)Nc1cc(Cl)ccc1Cl. The van der Waals surface area contributed by atoms with Gasteiger partial charge in [-0.15, -0.1) is 0 Å². The van der Waals surface area contributed by atoms with E-state index in [-0.39, 0.29) is 0 Å². The monoisotopic (exact) mass is 420 g/mol. The Bertz CT molecular complexity index is 689. The van der Waals surface area contributed by atoms with E-state index in [0.29, 0.717) is 27.4 Å². The van der Waals surface area contributed by atoms with E-state index in [9.17, 15) is 0 Å². The van der Waals surface area contributed by atoms with Crippen LogP contribution in [0.3, 0.4) is 0 Å². The molecule has 0 amide bonds. The molecule has 1 N–H and O–H groups in total. The van der Waals surface area contributed by atoms with Crippen LogP contribution in [-0.2, 0) is 13.1 Å². The summed E-state index contributed by atoms with van der Waals surface area (Å²) in [7, 11) is 1.91. The lowest BCUT2D eigenvalue weighted by Crippen LogP contribution is -2.31. The first-order valence-electron chi connectivity index (χ1n) is 6.59. The van der Waals surface area contributed by atoms with E-state index < -0.39 is 0 Å². The summed E-state index contributed by atoms with van der Waals surface area (Å²) in [6.45, 7) is 3.47. The molecule has 0 saturated heterocycles. The third-order valence-electron chi connectivity index (χ3n) is 3.10. The minimum atomic E-state index is 0.555. The summed E-state index contributed by atoms with van der Waals surface area (Å²) in [5.74, 6) is 0. The summed E-state index contributed by atoms with van der Waals surface area (Å²) in [5, 5.41) is 9.14. The number of benzene rings is 1. The Kier molecular flexibility index (Phi) is 6.09. The Morgan fingerprint density at radius 3 is 2.86 bits per heavy atom. The third kappa shape index (κ3) is 4.13. The fourth-order valence-corrected chi connectivity index (χ4v) is 2.85. The molecule has 0 bridgehead atoms. The second-order valence-corrected chi connectivity index (χ2v) is 6.75. The molecule has 0 radical (unpaired) electrons. The summed E-state index contributed by atoms with van der Waals surface area (Å²) < 4.78 is 2.89. The zero-order chi connectivity index (χ0) is 16.3. The van der Waals surface area contributed by atoms with Crippen LogP contribution in [0.2, 0.25) is 10.0 Å². The smallest absolute Gasteiger partial charge is 0.173 e. The van der Waals surface area contributed by atoms with Gasteiger partial charge in [-0.3, -0.25) is 4.68 Å². The Morgan fingerprint density at radius 2 is 2.18 bits per heavy atom. The van der Waals surface area contributed by atoms with Crippen LogP contribution < -0.4 is 5.32 Å². The highest BCUT2D eigenvalue weighted by Crippen LogP contribution is 2.26. The van der Waals surface area contributed by atoms with Crippen LogP contribution in [0.1, 0.15) is 12.6 Å². The van der Waals surface area contributed by atoms with Crippen LogP contribution in [0.5, 0.6) is 0 Å². The van der Waals surface area contributed by atoms with E-state index in [2.05, 4.69) is 26.3 Å². The molecule has 1 heterocycles. The van der Waals surface area contributed by atoms with Gasteiger partial charge in [0.15, 0.2) is 5.11 Å². The van der Waals surface area contributed by atoms with Crippen LogP contribution >= 0.6 is 51.3 Å². The molecule has 8 heteroatoms. The Labute approximate surface area is 153 Å². The highest BCUT2D eigenvalue weighted by atomic mass is 79.9.